The first-order valence-electron chi connectivity index (χ1n) is 6.48. The SMILES string of the molecule is N[C@@H](c1ccc2c(c1)Cc1ccccc1-2)C(F)(F)CO. The second-order valence-corrected chi connectivity index (χ2v) is 5.15. The van der Waals surface area contributed by atoms with E-state index in [0.717, 1.165) is 23.1 Å². The second kappa shape index (κ2) is 4.65. The van der Waals surface area contributed by atoms with E-state index >= 15 is 0 Å². The molecule has 1 atom stereocenters. The molecule has 0 saturated carbocycles. The maximum atomic E-state index is 13.5. The van der Waals surface area contributed by atoms with Crippen molar-refractivity contribution in [1.29, 1.82) is 0 Å². The van der Waals surface area contributed by atoms with Crippen molar-refractivity contribution in [3.8, 4) is 11.1 Å². The fourth-order valence-corrected chi connectivity index (χ4v) is 2.70. The molecule has 3 N–H and O–H groups in total. The Morgan fingerprint density at radius 2 is 1.80 bits per heavy atom. The van der Waals surface area contributed by atoms with E-state index in [1.807, 2.05) is 30.3 Å². The van der Waals surface area contributed by atoms with Crippen LogP contribution < -0.4 is 5.73 Å². The van der Waals surface area contributed by atoms with E-state index in [1.54, 1.807) is 12.1 Å². The summed E-state index contributed by atoms with van der Waals surface area (Å²) >= 11 is 0. The number of alkyl halides is 2. The summed E-state index contributed by atoms with van der Waals surface area (Å²) in [5.41, 5.74) is 10.4. The smallest absolute Gasteiger partial charge is 0.289 e. The van der Waals surface area contributed by atoms with E-state index in [1.165, 1.54) is 5.56 Å². The van der Waals surface area contributed by atoms with Gasteiger partial charge in [0.1, 0.15) is 6.61 Å². The topological polar surface area (TPSA) is 46.2 Å². The molecule has 0 bridgehead atoms. The van der Waals surface area contributed by atoms with Crippen LogP contribution in [0.15, 0.2) is 42.5 Å². The molecule has 0 radical (unpaired) electrons. The molecule has 0 aromatic heterocycles. The predicted molar refractivity (Wildman–Crippen MR) is 73.6 cm³/mol. The molecule has 104 valence electrons. The van der Waals surface area contributed by atoms with Gasteiger partial charge in [-0.25, -0.2) is 8.78 Å². The number of benzene rings is 2. The summed E-state index contributed by atoms with van der Waals surface area (Å²) in [6, 6.07) is 11.7. The van der Waals surface area contributed by atoms with Crippen molar-refractivity contribution < 1.29 is 13.9 Å². The van der Waals surface area contributed by atoms with Gasteiger partial charge in [-0.05, 0) is 34.2 Å². The van der Waals surface area contributed by atoms with Crippen LogP contribution in [-0.2, 0) is 6.42 Å². The Morgan fingerprint density at radius 3 is 2.55 bits per heavy atom. The zero-order valence-corrected chi connectivity index (χ0v) is 10.8. The van der Waals surface area contributed by atoms with Gasteiger partial charge in [-0.15, -0.1) is 0 Å². The Hall–Kier alpha value is -1.78. The van der Waals surface area contributed by atoms with Crippen LogP contribution in [0.4, 0.5) is 8.78 Å². The quantitative estimate of drug-likeness (QED) is 0.772. The van der Waals surface area contributed by atoms with Crippen molar-refractivity contribution in [3.63, 3.8) is 0 Å². The number of aliphatic hydroxyl groups is 1. The predicted octanol–water partition coefficient (Wildman–Crippen LogP) is 2.89. The summed E-state index contributed by atoms with van der Waals surface area (Å²) in [7, 11) is 0. The zero-order valence-electron chi connectivity index (χ0n) is 10.8. The van der Waals surface area contributed by atoms with E-state index in [9.17, 15) is 8.78 Å². The van der Waals surface area contributed by atoms with Crippen molar-refractivity contribution in [2.24, 2.45) is 5.73 Å². The summed E-state index contributed by atoms with van der Waals surface area (Å²) in [6.07, 6.45) is 0.733. The van der Waals surface area contributed by atoms with E-state index < -0.39 is 18.6 Å². The Labute approximate surface area is 115 Å². The lowest BCUT2D eigenvalue weighted by atomic mass is 9.97. The Bertz CT molecular complexity index is 655. The third kappa shape index (κ3) is 2.01. The minimum absolute atomic E-state index is 0.357. The normalized spacial score (nSPS) is 14.8. The molecular formula is C16H15F2NO. The first-order valence-corrected chi connectivity index (χ1v) is 6.48. The lowest BCUT2D eigenvalue weighted by Crippen LogP contribution is -2.36. The lowest BCUT2D eigenvalue weighted by molar-refractivity contribution is -0.0711. The zero-order chi connectivity index (χ0) is 14.3. The largest absolute Gasteiger partial charge is 0.390 e. The highest BCUT2D eigenvalue weighted by molar-refractivity contribution is 5.77. The average Bonchev–Trinajstić information content (AvgIpc) is 2.83. The molecule has 0 fully saturated rings. The first kappa shape index (κ1) is 13.2. The van der Waals surface area contributed by atoms with E-state index in [-0.39, 0.29) is 0 Å². The molecule has 2 aromatic rings. The highest BCUT2D eigenvalue weighted by Gasteiger charge is 2.37. The number of hydrogen-bond donors (Lipinski definition) is 2. The molecule has 0 heterocycles. The summed E-state index contributed by atoms with van der Waals surface area (Å²) in [5.74, 6) is -3.31. The monoisotopic (exact) mass is 275 g/mol. The molecule has 2 aromatic carbocycles. The van der Waals surface area contributed by atoms with Crippen molar-refractivity contribution in [2.45, 2.75) is 18.4 Å². The molecule has 0 unspecified atom stereocenters. The van der Waals surface area contributed by atoms with Crippen molar-refractivity contribution in [3.05, 3.63) is 59.2 Å². The van der Waals surface area contributed by atoms with Crippen LogP contribution in [0.1, 0.15) is 22.7 Å². The molecule has 2 nitrogen and oxygen atoms in total. The average molecular weight is 275 g/mol. The van der Waals surface area contributed by atoms with Crippen LogP contribution in [0.25, 0.3) is 11.1 Å². The van der Waals surface area contributed by atoms with Crippen LogP contribution >= 0.6 is 0 Å². The Kier molecular flexibility index (Phi) is 3.07. The van der Waals surface area contributed by atoms with Gasteiger partial charge in [0.25, 0.3) is 5.92 Å². The Balaban J connectivity index is 1.99. The number of fused-ring (bicyclic) bond motifs is 3. The molecule has 0 amide bonds. The molecule has 1 aliphatic carbocycles. The van der Waals surface area contributed by atoms with E-state index in [2.05, 4.69) is 0 Å². The molecular weight excluding hydrogens is 260 g/mol. The summed E-state index contributed by atoms with van der Waals surface area (Å²) in [6.45, 7) is -1.24. The van der Waals surface area contributed by atoms with Gasteiger partial charge in [-0.1, -0.05) is 42.5 Å². The summed E-state index contributed by atoms with van der Waals surface area (Å²) in [5, 5.41) is 8.73. The maximum Gasteiger partial charge on any atom is 0.289 e. The first-order chi connectivity index (χ1) is 9.53. The minimum atomic E-state index is -3.31. The minimum Gasteiger partial charge on any atom is -0.390 e. The standard InChI is InChI=1S/C16H15F2NO/c17-16(18,9-20)15(19)11-5-6-14-12(8-11)7-10-3-1-2-4-13(10)14/h1-6,8,15,20H,7,9,19H2/t15-/m0/s1. The Morgan fingerprint density at radius 1 is 1.10 bits per heavy atom. The van der Waals surface area contributed by atoms with E-state index in [0.29, 0.717) is 5.56 Å². The fraction of sp³-hybridized carbons (Fsp3) is 0.250. The third-order valence-electron chi connectivity index (χ3n) is 3.84. The van der Waals surface area contributed by atoms with Crippen LogP contribution in [0.2, 0.25) is 0 Å². The number of nitrogens with two attached hydrogens (primary N) is 1. The van der Waals surface area contributed by atoms with Crippen LogP contribution in [-0.4, -0.2) is 17.6 Å². The van der Waals surface area contributed by atoms with Gasteiger partial charge in [-0.3, -0.25) is 0 Å². The lowest BCUT2D eigenvalue weighted by Gasteiger charge is -2.22. The van der Waals surface area contributed by atoms with Gasteiger partial charge in [-0.2, -0.15) is 0 Å². The molecule has 4 heteroatoms. The van der Waals surface area contributed by atoms with Gasteiger partial charge >= 0.3 is 0 Å². The molecule has 0 saturated heterocycles. The number of rotatable bonds is 3. The molecule has 1 aliphatic rings. The maximum absolute atomic E-state index is 13.5. The highest BCUT2D eigenvalue weighted by atomic mass is 19.3. The molecule has 0 aliphatic heterocycles. The molecule has 0 spiro atoms. The van der Waals surface area contributed by atoms with Gasteiger partial charge in [0.05, 0.1) is 6.04 Å². The number of hydrogen-bond acceptors (Lipinski definition) is 2. The van der Waals surface area contributed by atoms with Crippen LogP contribution in [0.5, 0.6) is 0 Å². The van der Waals surface area contributed by atoms with Crippen molar-refractivity contribution in [1.82, 2.24) is 0 Å². The van der Waals surface area contributed by atoms with Crippen LogP contribution in [0.3, 0.4) is 0 Å². The fourth-order valence-electron chi connectivity index (χ4n) is 2.70. The van der Waals surface area contributed by atoms with Gasteiger partial charge < -0.3 is 10.8 Å². The highest BCUT2D eigenvalue weighted by Crippen LogP contribution is 2.38. The second-order valence-electron chi connectivity index (χ2n) is 5.15. The number of aliphatic hydroxyl groups excluding tert-OH is 1. The van der Waals surface area contributed by atoms with Crippen LogP contribution in [0, 0.1) is 0 Å². The summed E-state index contributed by atoms with van der Waals surface area (Å²) in [4.78, 5) is 0. The van der Waals surface area contributed by atoms with E-state index in [4.69, 9.17) is 10.8 Å². The summed E-state index contributed by atoms with van der Waals surface area (Å²) < 4.78 is 26.9. The molecule has 3 rings (SSSR count). The van der Waals surface area contributed by atoms with Crippen molar-refractivity contribution in [2.75, 3.05) is 6.61 Å². The molecule has 20 heavy (non-hydrogen) atoms. The van der Waals surface area contributed by atoms with Gasteiger partial charge in [0.2, 0.25) is 0 Å². The van der Waals surface area contributed by atoms with Crippen molar-refractivity contribution >= 4 is 0 Å². The third-order valence-corrected chi connectivity index (χ3v) is 3.84. The van der Waals surface area contributed by atoms with Gasteiger partial charge in [0.15, 0.2) is 0 Å². The number of halogens is 2. The van der Waals surface area contributed by atoms with Gasteiger partial charge in [0, 0.05) is 0 Å².